The number of alkyl halides is 3. The SMILES string of the molecule is C=O.OB(O)c1ccc(C(F)(F)F)cc1. The van der Waals surface area contributed by atoms with E-state index in [1.807, 2.05) is 6.79 Å². The van der Waals surface area contributed by atoms with Gasteiger partial charge in [0.2, 0.25) is 0 Å². The van der Waals surface area contributed by atoms with Crippen LogP contribution in [0.25, 0.3) is 0 Å². The van der Waals surface area contributed by atoms with Gasteiger partial charge < -0.3 is 14.8 Å². The van der Waals surface area contributed by atoms with Gasteiger partial charge in [-0.25, -0.2) is 0 Å². The first-order chi connectivity index (χ1) is 6.91. The normalized spacial score (nSPS) is 10.2. The van der Waals surface area contributed by atoms with Crippen LogP contribution in [-0.2, 0) is 11.0 Å². The number of hydrogen-bond donors (Lipinski definition) is 2. The molecule has 7 heteroatoms. The molecule has 82 valence electrons. The van der Waals surface area contributed by atoms with Crippen LogP contribution < -0.4 is 5.46 Å². The van der Waals surface area contributed by atoms with Crippen molar-refractivity contribution in [1.29, 1.82) is 0 Å². The van der Waals surface area contributed by atoms with E-state index in [0.29, 0.717) is 0 Å². The summed E-state index contributed by atoms with van der Waals surface area (Å²) in [6.45, 7) is 2.00. The van der Waals surface area contributed by atoms with Gasteiger partial charge in [-0.1, -0.05) is 24.3 Å². The summed E-state index contributed by atoms with van der Waals surface area (Å²) in [6.07, 6.45) is -4.39. The molecule has 0 amide bonds. The van der Waals surface area contributed by atoms with Crippen LogP contribution in [0.5, 0.6) is 0 Å². The van der Waals surface area contributed by atoms with E-state index in [1.54, 1.807) is 0 Å². The number of rotatable bonds is 1. The molecule has 1 rings (SSSR count). The van der Waals surface area contributed by atoms with Gasteiger partial charge in [-0.3, -0.25) is 0 Å². The van der Waals surface area contributed by atoms with Crippen molar-refractivity contribution >= 4 is 19.4 Å². The lowest BCUT2D eigenvalue weighted by Gasteiger charge is -2.06. The zero-order valence-corrected chi connectivity index (χ0v) is 7.53. The second kappa shape index (κ2) is 5.52. The molecule has 0 heterocycles. The number of hydrogen-bond acceptors (Lipinski definition) is 3. The van der Waals surface area contributed by atoms with Crippen LogP contribution in [0.1, 0.15) is 5.56 Å². The monoisotopic (exact) mass is 220 g/mol. The minimum atomic E-state index is -4.39. The average molecular weight is 220 g/mol. The van der Waals surface area contributed by atoms with Crippen molar-refractivity contribution in [1.82, 2.24) is 0 Å². The zero-order valence-electron chi connectivity index (χ0n) is 7.53. The van der Waals surface area contributed by atoms with Crippen LogP contribution >= 0.6 is 0 Å². The van der Waals surface area contributed by atoms with E-state index in [1.165, 1.54) is 0 Å². The highest BCUT2D eigenvalue weighted by Crippen LogP contribution is 2.28. The lowest BCUT2D eigenvalue weighted by atomic mass is 9.80. The summed E-state index contributed by atoms with van der Waals surface area (Å²) in [4.78, 5) is 8.00. The predicted octanol–water partition coefficient (Wildman–Crippen LogP) is 0.200. The maximum Gasteiger partial charge on any atom is 0.488 e. The maximum atomic E-state index is 12.0. The quantitative estimate of drug-likeness (QED) is 0.664. The van der Waals surface area contributed by atoms with Crippen molar-refractivity contribution in [3.63, 3.8) is 0 Å². The Morgan fingerprint density at radius 1 is 1.07 bits per heavy atom. The van der Waals surface area contributed by atoms with Gasteiger partial charge in [0.1, 0.15) is 6.79 Å². The molecule has 0 unspecified atom stereocenters. The van der Waals surface area contributed by atoms with Gasteiger partial charge in [-0.05, 0) is 5.46 Å². The van der Waals surface area contributed by atoms with Crippen LogP contribution in [-0.4, -0.2) is 24.0 Å². The third-order valence-electron chi connectivity index (χ3n) is 1.54. The van der Waals surface area contributed by atoms with Gasteiger partial charge in [0.25, 0.3) is 0 Å². The largest absolute Gasteiger partial charge is 0.488 e. The van der Waals surface area contributed by atoms with Gasteiger partial charge in [0, 0.05) is 0 Å². The number of halogens is 3. The van der Waals surface area contributed by atoms with Crippen molar-refractivity contribution in [3.8, 4) is 0 Å². The maximum absolute atomic E-state index is 12.0. The van der Waals surface area contributed by atoms with E-state index in [-0.39, 0.29) is 5.46 Å². The summed E-state index contributed by atoms with van der Waals surface area (Å²) in [5, 5.41) is 17.2. The molecule has 3 nitrogen and oxygen atoms in total. The van der Waals surface area contributed by atoms with Crippen molar-refractivity contribution in [2.75, 3.05) is 0 Å². The summed E-state index contributed by atoms with van der Waals surface area (Å²) in [7, 11) is -1.73. The average Bonchev–Trinajstić information content (AvgIpc) is 2.20. The molecule has 0 saturated heterocycles. The molecule has 0 aliphatic heterocycles. The standard InChI is InChI=1S/C7H6BF3O2.CH2O/c9-7(10,11)5-1-3-6(4-2-5)8(12)13;1-2/h1-4,12-13H;1H2. The Morgan fingerprint density at radius 3 is 1.73 bits per heavy atom. The molecule has 0 bridgehead atoms. The van der Waals surface area contributed by atoms with E-state index in [9.17, 15) is 13.2 Å². The summed E-state index contributed by atoms with van der Waals surface area (Å²) < 4.78 is 36.0. The third kappa shape index (κ3) is 4.13. The first kappa shape index (κ1) is 13.7. The Bertz CT molecular complexity index is 297. The van der Waals surface area contributed by atoms with Crippen molar-refractivity contribution < 1.29 is 28.0 Å². The predicted molar refractivity (Wildman–Crippen MR) is 48.4 cm³/mol. The van der Waals surface area contributed by atoms with Crippen molar-refractivity contribution in [2.24, 2.45) is 0 Å². The molecule has 0 atom stereocenters. The highest BCUT2D eigenvalue weighted by molar-refractivity contribution is 6.58. The van der Waals surface area contributed by atoms with E-state index < -0.39 is 18.9 Å². The molecule has 2 N–H and O–H groups in total. The topological polar surface area (TPSA) is 57.5 Å². The molecule has 0 fully saturated rings. The summed E-state index contributed by atoms with van der Waals surface area (Å²) >= 11 is 0. The first-order valence-electron chi connectivity index (χ1n) is 3.73. The Morgan fingerprint density at radius 2 is 1.47 bits per heavy atom. The first-order valence-corrected chi connectivity index (χ1v) is 3.73. The molecular weight excluding hydrogens is 212 g/mol. The smallest absolute Gasteiger partial charge is 0.423 e. The summed E-state index contributed by atoms with van der Waals surface area (Å²) in [6, 6.07) is 3.64. The van der Waals surface area contributed by atoms with E-state index in [0.717, 1.165) is 24.3 Å². The van der Waals surface area contributed by atoms with Gasteiger partial charge in [-0.15, -0.1) is 0 Å². The summed E-state index contributed by atoms with van der Waals surface area (Å²) in [5.74, 6) is 0. The number of benzene rings is 1. The highest BCUT2D eigenvalue weighted by Gasteiger charge is 2.30. The fourth-order valence-corrected chi connectivity index (χ4v) is 0.844. The molecule has 0 aliphatic rings. The van der Waals surface area contributed by atoms with Crippen LogP contribution in [0.15, 0.2) is 24.3 Å². The van der Waals surface area contributed by atoms with Crippen molar-refractivity contribution in [3.05, 3.63) is 29.8 Å². The van der Waals surface area contributed by atoms with Crippen molar-refractivity contribution in [2.45, 2.75) is 6.18 Å². The zero-order chi connectivity index (χ0) is 12.1. The molecule has 1 aromatic rings. The Kier molecular flexibility index (Phi) is 5.03. The Labute approximate surface area is 84.3 Å². The van der Waals surface area contributed by atoms with Gasteiger partial charge in [0.05, 0.1) is 5.56 Å². The Hall–Kier alpha value is -1.34. The van der Waals surface area contributed by atoms with Crippen LogP contribution in [0.3, 0.4) is 0 Å². The molecular formula is C8H8BF3O3. The molecule has 0 saturated carbocycles. The fourth-order valence-electron chi connectivity index (χ4n) is 0.844. The third-order valence-corrected chi connectivity index (χ3v) is 1.54. The minimum Gasteiger partial charge on any atom is -0.423 e. The van der Waals surface area contributed by atoms with Crippen LogP contribution in [0.2, 0.25) is 0 Å². The van der Waals surface area contributed by atoms with Gasteiger partial charge >= 0.3 is 13.3 Å². The van der Waals surface area contributed by atoms with E-state index in [4.69, 9.17) is 14.8 Å². The lowest BCUT2D eigenvalue weighted by Crippen LogP contribution is -2.29. The fraction of sp³-hybridized carbons (Fsp3) is 0.125. The number of carbonyl (C=O) groups excluding carboxylic acids is 1. The highest BCUT2D eigenvalue weighted by atomic mass is 19.4. The second-order valence-electron chi connectivity index (χ2n) is 2.49. The minimum absolute atomic E-state index is 0.0352. The molecule has 15 heavy (non-hydrogen) atoms. The molecule has 1 aromatic carbocycles. The second-order valence-corrected chi connectivity index (χ2v) is 2.49. The molecule has 0 aliphatic carbocycles. The lowest BCUT2D eigenvalue weighted by molar-refractivity contribution is -0.137. The molecule has 0 spiro atoms. The molecule has 0 radical (unpaired) electrons. The van der Waals surface area contributed by atoms with E-state index in [2.05, 4.69) is 0 Å². The van der Waals surface area contributed by atoms with Gasteiger partial charge in [0.15, 0.2) is 0 Å². The number of carbonyl (C=O) groups is 1. The van der Waals surface area contributed by atoms with Gasteiger partial charge in [-0.2, -0.15) is 13.2 Å². The summed E-state index contributed by atoms with van der Waals surface area (Å²) in [5.41, 5.74) is -0.773. The van der Waals surface area contributed by atoms with Crippen LogP contribution in [0, 0.1) is 0 Å². The van der Waals surface area contributed by atoms with E-state index >= 15 is 0 Å². The Balaban J connectivity index is 0.000000921. The van der Waals surface area contributed by atoms with Crippen LogP contribution in [0.4, 0.5) is 13.2 Å². The molecule has 0 aromatic heterocycles.